The van der Waals surface area contributed by atoms with Crippen LogP contribution in [0.1, 0.15) is 27.2 Å². The van der Waals surface area contributed by atoms with Crippen molar-refractivity contribution in [3.63, 3.8) is 0 Å². The lowest BCUT2D eigenvalue weighted by Gasteiger charge is -2.42. The molecule has 0 bridgehead atoms. The van der Waals surface area contributed by atoms with Crippen LogP contribution in [0.3, 0.4) is 0 Å². The van der Waals surface area contributed by atoms with E-state index < -0.39 is 8.32 Å². The highest BCUT2D eigenvalue weighted by molar-refractivity contribution is 9.09. The number of hydrogen-bond donors (Lipinski definition) is 0. The van der Waals surface area contributed by atoms with E-state index in [1.165, 1.54) is 10.4 Å². The molecule has 0 aromatic heterocycles. The molecule has 0 aliphatic heterocycles. The molecule has 0 radical (unpaired) electrons. The number of benzene rings is 2. The molecule has 0 aliphatic carbocycles. The highest BCUT2D eigenvalue weighted by atomic mass is 79.9. The highest BCUT2D eigenvalue weighted by Gasteiger charge is 2.49. The van der Waals surface area contributed by atoms with Gasteiger partial charge in [-0.1, -0.05) is 103 Å². The molecular formula is C21H25BrOSi. The van der Waals surface area contributed by atoms with Gasteiger partial charge in [-0.25, -0.2) is 0 Å². The normalized spacial score (nSPS) is 11.7. The Morgan fingerprint density at radius 2 is 1.38 bits per heavy atom. The van der Waals surface area contributed by atoms with Crippen LogP contribution < -0.4 is 10.4 Å². The monoisotopic (exact) mass is 400 g/mol. The fraction of sp³-hybridized carbons (Fsp3) is 0.333. The lowest BCUT2D eigenvalue weighted by molar-refractivity contribution is 0.346. The van der Waals surface area contributed by atoms with Crippen molar-refractivity contribution in [2.24, 2.45) is 0 Å². The lowest BCUT2D eigenvalue weighted by atomic mass is 10.2. The van der Waals surface area contributed by atoms with Gasteiger partial charge in [0.05, 0.1) is 6.61 Å². The van der Waals surface area contributed by atoms with Crippen LogP contribution in [0.15, 0.2) is 60.7 Å². The fourth-order valence-corrected chi connectivity index (χ4v) is 7.73. The van der Waals surface area contributed by atoms with E-state index >= 15 is 0 Å². The van der Waals surface area contributed by atoms with E-state index in [4.69, 9.17) is 4.43 Å². The number of alkyl halides is 1. The fourth-order valence-electron chi connectivity index (χ4n) is 3.09. The maximum absolute atomic E-state index is 6.66. The van der Waals surface area contributed by atoms with Gasteiger partial charge in [-0.15, -0.1) is 5.92 Å². The molecule has 0 atom stereocenters. The first kappa shape index (κ1) is 19.0. The predicted octanol–water partition coefficient (Wildman–Crippen LogP) is 4.35. The zero-order chi connectivity index (χ0) is 17.5. The quantitative estimate of drug-likeness (QED) is 0.411. The van der Waals surface area contributed by atoms with Gasteiger partial charge in [0.15, 0.2) is 0 Å². The van der Waals surface area contributed by atoms with Crippen LogP contribution in [0.25, 0.3) is 0 Å². The number of hydrogen-bond acceptors (Lipinski definition) is 1. The molecule has 2 aromatic rings. The summed E-state index contributed by atoms with van der Waals surface area (Å²) >= 11 is 3.41. The third-order valence-corrected chi connectivity index (χ3v) is 9.50. The minimum Gasteiger partial charge on any atom is -0.396 e. The van der Waals surface area contributed by atoms with E-state index in [1.54, 1.807) is 0 Å². The maximum atomic E-state index is 6.66. The van der Waals surface area contributed by atoms with Gasteiger partial charge in [-0.3, -0.25) is 0 Å². The Morgan fingerprint density at radius 1 is 0.875 bits per heavy atom. The molecule has 0 heterocycles. The molecule has 0 unspecified atom stereocenters. The van der Waals surface area contributed by atoms with Gasteiger partial charge < -0.3 is 4.43 Å². The van der Waals surface area contributed by atoms with Gasteiger partial charge in [0.1, 0.15) is 0 Å². The zero-order valence-corrected chi connectivity index (χ0v) is 17.3. The molecule has 1 nitrogen and oxygen atoms in total. The summed E-state index contributed by atoms with van der Waals surface area (Å²) in [5.41, 5.74) is 0. The van der Waals surface area contributed by atoms with Gasteiger partial charge >= 0.3 is 0 Å². The Bertz CT molecular complexity index is 641. The summed E-state index contributed by atoms with van der Waals surface area (Å²) in [6.45, 7) is 7.32. The third kappa shape index (κ3) is 4.19. The van der Waals surface area contributed by atoms with Crippen molar-refractivity contribution in [2.75, 3.05) is 11.9 Å². The predicted molar refractivity (Wildman–Crippen MR) is 110 cm³/mol. The zero-order valence-electron chi connectivity index (χ0n) is 14.7. The highest BCUT2D eigenvalue weighted by Crippen LogP contribution is 2.36. The van der Waals surface area contributed by atoms with Crippen molar-refractivity contribution in [3.8, 4) is 11.8 Å². The summed E-state index contributed by atoms with van der Waals surface area (Å²) in [4.78, 5) is 0. The van der Waals surface area contributed by atoms with E-state index in [9.17, 15) is 0 Å². The van der Waals surface area contributed by atoms with Gasteiger partial charge in [0, 0.05) is 11.8 Å². The molecule has 2 aromatic carbocycles. The van der Waals surface area contributed by atoms with Crippen molar-refractivity contribution >= 4 is 34.6 Å². The molecule has 0 N–H and O–H groups in total. The first-order chi connectivity index (χ1) is 11.5. The molecule has 3 heteroatoms. The standard InChI is InChI=1S/C21H25BrOSi/c1-21(2,3)24(19-13-7-4-8-14-19,20-15-9-5-10-16-20)23-18-12-6-11-17-22/h4-5,7-10,13-16H,11,17-18H2,1-3H3. The van der Waals surface area contributed by atoms with Crippen molar-refractivity contribution < 1.29 is 4.43 Å². The molecule has 0 aliphatic rings. The molecular weight excluding hydrogens is 376 g/mol. The van der Waals surface area contributed by atoms with Crippen molar-refractivity contribution in [2.45, 2.75) is 32.2 Å². The Morgan fingerprint density at radius 3 is 1.79 bits per heavy atom. The molecule has 126 valence electrons. The summed E-state index contributed by atoms with van der Waals surface area (Å²) in [5, 5.41) is 3.50. The summed E-state index contributed by atoms with van der Waals surface area (Å²) in [6, 6.07) is 21.4. The molecule has 0 saturated carbocycles. The molecule has 0 amide bonds. The minimum atomic E-state index is -2.42. The van der Waals surface area contributed by atoms with Crippen molar-refractivity contribution in [3.05, 3.63) is 60.7 Å². The van der Waals surface area contributed by atoms with Crippen LogP contribution in [-0.2, 0) is 4.43 Å². The number of rotatable bonds is 5. The smallest absolute Gasteiger partial charge is 0.262 e. The minimum absolute atomic E-state index is 0.00676. The summed E-state index contributed by atoms with van der Waals surface area (Å²) in [6.07, 6.45) is 0.851. The van der Waals surface area contributed by atoms with Crippen LogP contribution in [0.2, 0.25) is 5.04 Å². The number of halogens is 1. The topological polar surface area (TPSA) is 9.23 Å². The van der Waals surface area contributed by atoms with Crippen LogP contribution in [0.5, 0.6) is 0 Å². The molecule has 0 spiro atoms. The molecule has 0 fully saturated rings. The molecule has 24 heavy (non-hydrogen) atoms. The van der Waals surface area contributed by atoms with Gasteiger partial charge in [-0.05, 0) is 15.4 Å². The van der Waals surface area contributed by atoms with E-state index in [-0.39, 0.29) is 5.04 Å². The second-order valence-electron chi connectivity index (χ2n) is 6.74. The summed E-state index contributed by atoms with van der Waals surface area (Å²) in [5.74, 6) is 6.35. The van der Waals surface area contributed by atoms with Crippen molar-refractivity contribution in [1.29, 1.82) is 0 Å². The van der Waals surface area contributed by atoms with Crippen LogP contribution in [0.4, 0.5) is 0 Å². The largest absolute Gasteiger partial charge is 0.396 e. The van der Waals surface area contributed by atoms with Crippen LogP contribution >= 0.6 is 15.9 Å². The maximum Gasteiger partial charge on any atom is 0.262 e. The van der Waals surface area contributed by atoms with Crippen LogP contribution in [-0.4, -0.2) is 20.3 Å². The average Bonchev–Trinajstić information content (AvgIpc) is 2.59. The SMILES string of the molecule is CC(C)(C)[Si](OCC#CCCBr)(c1ccccc1)c1ccccc1. The van der Waals surface area contributed by atoms with E-state index in [0.717, 1.165) is 11.8 Å². The van der Waals surface area contributed by atoms with Crippen molar-refractivity contribution in [1.82, 2.24) is 0 Å². The van der Waals surface area contributed by atoms with E-state index in [0.29, 0.717) is 6.61 Å². The second kappa shape index (κ2) is 8.67. The average molecular weight is 401 g/mol. The van der Waals surface area contributed by atoms with Crippen LogP contribution in [0, 0.1) is 11.8 Å². The lowest BCUT2D eigenvalue weighted by Crippen LogP contribution is -2.66. The van der Waals surface area contributed by atoms with E-state index in [1.807, 2.05) is 0 Å². The summed E-state index contributed by atoms with van der Waals surface area (Å²) in [7, 11) is -2.42. The first-order valence-corrected chi connectivity index (χ1v) is 11.3. The Kier molecular flexibility index (Phi) is 6.86. The second-order valence-corrected chi connectivity index (χ2v) is 11.8. The Balaban J connectivity index is 2.52. The van der Waals surface area contributed by atoms with E-state index in [2.05, 4.69) is 109 Å². The Hall–Kier alpha value is -1.34. The molecule has 0 saturated heterocycles. The van der Waals surface area contributed by atoms with Gasteiger partial charge in [0.2, 0.25) is 0 Å². The van der Waals surface area contributed by atoms with Gasteiger partial charge in [-0.2, -0.15) is 0 Å². The molecule has 2 rings (SSSR count). The summed E-state index contributed by atoms with van der Waals surface area (Å²) < 4.78 is 6.66. The Labute approximate surface area is 155 Å². The first-order valence-electron chi connectivity index (χ1n) is 8.29. The van der Waals surface area contributed by atoms with Gasteiger partial charge in [0.25, 0.3) is 8.32 Å². The third-order valence-electron chi connectivity index (χ3n) is 4.12.